The van der Waals surface area contributed by atoms with E-state index in [1.54, 1.807) is 13.2 Å². The van der Waals surface area contributed by atoms with E-state index in [2.05, 4.69) is 11.1 Å². The zero-order valence-electron chi connectivity index (χ0n) is 11.8. The van der Waals surface area contributed by atoms with Crippen LogP contribution in [0.1, 0.15) is 19.4 Å². The van der Waals surface area contributed by atoms with Crippen molar-refractivity contribution in [2.75, 3.05) is 7.11 Å². The summed E-state index contributed by atoms with van der Waals surface area (Å²) in [5.74, 6) is 1.16. The summed E-state index contributed by atoms with van der Waals surface area (Å²) in [4.78, 5) is 4.42. The van der Waals surface area contributed by atoms with Crippen molar-refractivity contribution in [3.05, 3.63) is 42.0 Å². The van der Waals surface area contributed by atoms with Crippen LogP contribution < -0.4 is 9.47 Å². The molecule has 0 atom stereocenters. The normalized spacial score (nSPS) is 10.2. The van der Waals surface area contributed by atoms with Crippen molar-refractivity contribution in [1.29, 1.82) is 5.26 Å². The topological polar surface area (TPSA) is 55.1 Å². The Kier molecular flexibility index (Phi) is 4.21. The molecule has 0 unspecified atom stereocenters. The number of nitriles is 1. The van der Waals surface area contributed by atoms with E-state index >= 15 is 0 Å². The van der Waals surface area contributed by atoms with E-state index in [-0.39, 0.29) is 6.10 Å². The zero-order chi connectivity index (χ0) is 14.5. The Bertz CT molecular complexity index is 628. The largest absolute Gasteiger partial charge is 0.497 e. The van der Waals surface area contributed by atoms with Crippen molar-refractivity contribution < 1.29 is 9.47 Å². The molecular formula is C16H16N2O2. The molecule has 0 aliphatic rings. The van der Waals surface area contributed by atoms with Crippen LogP contribution in [0.3, 0.4) is 0 Å². The highest BCUT2D eigenvalue weighted by atomic mass is 16.5. The quantitative estimate of drug-likeness (QED) is 0.852. The number of hydrogen-bond donors (Lipinski definition) is 0. The Labute approximate surface area is 118 Å². The number of benzene rings is 1. The summed E-state index contributed by atoms with van der Waals surface area (Å²) in [6.45, 7) is 3.81. The summed E-state index contributed by atoms with van der Waals surface area (Å²) in [5.41, 5.74) is 2.15. The molecule has 0 bridgehead atoms. The van der Waals surface area contributed by atoms with E-state index < -0.39 is 0 Å². The summed E-state index contributed by atoms with van der Waals surface area (Å²) < 4.78 is 10.7. The highest BCUT2D eigenvalue weighted by molar-refractivity contribution is 5.62. The maximum Gasteiger partial charge on any atom is 0.232 e. The van der Waals surface area contributed by atoms with Crippen LogP contribution in [0.15, 0.2) is 36.4 Å². The smallest absolute Gasteiger partial charge is 0.232 e. The van der Waals surface area contributed by atoms with Gasteiger partial charge in [-0.15, -0.1) is 0 Å². The van der Waals surface area contributed by atoms with Gasteiger partial charge in [0.2, 0.25) is 5.88 Å². The molecule has 4 heteroatoms. The molecule has 0 radical (unpaired) electrons. The maximum absolute atomic E-state index is 9.07. The summed E-state index contributed by atoms with van der Waals surface area (Å²) in [5, 5.41) is 9.07. The van der Waals surface area contributed by atoms with Gasteiger partial charge in [0.25, 0.3) is 0 Å². The van der Waals surface area contributed by atoms with Crippen LogP contribution in [0.5, 0.6) is 11.6 Å². The fourth-order valence-electron chi connectivity index (χ4n) is 1.76. The third kappa shape index (κ3) is 3.07. The van der Waals surface area contributed by atoms with Gasteiger partial charge < -0.3 is 9.47 Å². The predicted molar refractivity (Wildman–Crippen MR) is 76.7 cm³/mol. The molecule has 0 aliphatic carbocycles. The molecule has 1 heterocycles. The van der Waals surface area contributed by atoms with E-state index in [4.69, 9.17) is 14.7 Å². The van der Waals surface area contributed by atoms with Gasteiger partial charge in [-0.2, -0.15) is 5.26 Å². The Morgan fingerprint density at radius 1 is 1.10 bits per heavy atom. The third-order valence-corrected chi connectivity index (χ3v) is 2.71. The molecule has 20 heavy (non-hydrogen) atoms. The summed E-state index contributed by atoms with van der Waals surface area (Å²) in [7, 11) is 1.63. The number of pyridine rings is 1. The Morgan fingerprint density at radius 3 is 2.35 bits per heavy atom. The molecule has 4 nitrogen and oxygen atoms in total. The van der Waals surface area contributed by atoms with Crippen LogP contribution in [0.25, 0.3) is 11.3 Å². The van der Waals surface area contributed by atoms with Crippen LogP contribution in [0.4, 0.5) is 0 Å². The maximum atomic E-state index is 9.07. The van der Waals surface area contributed by atoms with Crippen LogP contribution >= 0.6 is 0 Å². The van der Waals surface area contributed by atoms with Crippen LogP contribution in [0.2, 0.25) is 0 Å². The van der Waals surface area contributed by atoms with Crippen LogP contribution in [0, 0.1) is 11.3 Å². The molecule has 1 aromatic heterocycles. The van der Waals surface area contributed by atoms with Gasteiger partial charge in [-0.05, 0) is 50.2 Å². The first kappa shape index (κ1) is 13.9. The lowest BCUT2D eigenvalue weighted by Crippen LogP contribution is -2.08. The van der Waals surface area contributed by atoms with Crippen molar-refractivity contribution in [3.8, 4) is 29.0 Å². The lowest BCUT2D eigenvalue weighted by molar-refractivity contribution is 0.232. The van der Waals surface area contributed by atoms with Crippen molar-refractivity contribution in [3.63, 3.8) is 0 Å². The first-order chi connectivity index (χ1) is 9.63. The fraction of sp³-hybridized carbons (Fsp3) is 0.250. The zero-order valence-corrected chi connectivity index (χ0v) is 11.8. The van der Waals surface area contributed by atoms with E-state index in [0.717, 1.165) is 17.0 Å². The van der Waals surface area contributed by atoms with E-state index in [9.17, 15) is 0 Å². The summed E-state index contributed by atoms with van der Waals surface area (Å²) in [6, 6.07) is 13.2. The summed E-state index contributed by atoms with van der Waals surface area (Å²) >= 11 is 0. The van der Waals surface area contributed by atoms with Gasteiger partial charge in [-0.1, -0.05) is 0 Å². The monoisotopic (exact) mass is 268 g/mol. The second kappa shape index (κ2) is 6.07. The van der Waals surface area contributed by atoms with Gasteiger partial charge in [-0.25, -0.2) is 4.98 Å². The molecule has 102 valence electrons. The number of nitrogens with zero attached hydrogens (tertiary/aromatic N) is 2. The summed E-state index contributed by atoms with van der Waals surface area (Å²) in [6.07, 6.45) is -0.0271. The Balaban J connectivity index is 2.39. The second-order valence-corrected chi connectivity index (χ2v) is 4.56. The first-order valence-corrected chi connectivity index (χ1v) is 6.36. The molecular weight excluding hydrogens is 252 g/mol. The van der Waals surface area contributed by atoms with E-state index in [0.29, 0.717) is 11.4 Å². The molecule has 0 N–H and O–H groups in total. The van der Waals surface area contributed by atoms with Gasteiger partial charge in [-0.3, -0.25) is 0 Å². The third-order valence-electron chi connectivity index (χ3n) is 2.71. The minimum atomic E-state index is -0.0271. The molecule has 2 aromatic rings. The number of methoxy groups -OCH3 is 1. The molecule has 0 saturated heterocycles. The number of rotatable bonds is 4. The molecule has 0 spiro atoms. The van der Waals surface area contributed by atoms with Crippen molar-refractivity contribution in [2.24, 2.45) is 0 Å². The van der Waals surface area contributed by atoms with Gasteiger partial charge in [0, 0.05) is 5.56 Å². The average Bonchev–Trinajstić information content (AvgIpc) is 2.46. The number of hydrogen-bond acceptors (Lipinski definition) is 4. The van der Waals surface area contributed by atoms with Crippen molar-refractivity contribution >= 4 is 0 Å². The SMILES string of the molecule is COc1ccc(-c2ccc(C#N)c(OC(C)C)n2)cc1. The minimum Gasteiger partial charge on any atom is -0.497 e. The Morgan fingerprint density at radius 2 is 1.80 bits per heavy atom. The molecule has 0 saturated carbocycles. The molecule has 1 aromatic carbocycles. The molecule has 0 amide bonds. The lowest BCUT2D eigenvalue weighted by atomic mass is 10.1. The second-order valence-electron chi connectivity index (χ2n) is 4.56. The highest BCUT2D eigenvalue weighted by Gasteiger charge is 2.10. The molecule has 2 rings (SSSR count). The van der Waals surface area contributed by atoms with E-state index in [1.807, 2.05) is 44.2 Å². The molecule has 0 fully saturated rings. The molecule has 0 aliphatic heterocycles. The van der Waals surface area contributed by atoms with Gasteiger partial charge in [0.1, 0.15) is 17.4 Å². The highest BCUT2D eigenvalue weighted by Crippen LogP contribution is 2.25. The van der Waals surface area contributed by atoms with Crippen molar-refractivity contribution in [2.45, 2.75) is 20.0 Å². The minimum absolute atomic E-state index is 0.0271. The van der Waals surface area contributed by atoms with Crippen LogP contribution in [-0.4, -0.2) is 18.2 Å². The number of ether oxygens (including phenoxy) is 2. The number of aromatic nitrogens is 1. The standard InChI is InChI=1S/C16H16N2O2/c1-11(2)20-16-13(10-17)6-9-15(18-16)12-4-7-14(19-3)8-5-12/h4-9,11H,1-3H3. The van der Waals surface area contributed by atoms with Crippen molar-refractivity contribution in [1.82, 2.24) is 4.98 Å². The fourth-order valence-corrected chi connectivity index (χ4v) is 1.76. The Hall–Kier alpha value is -2.54. The predicted octanol–water partition coefficient (Wildman–Crippen LogP) is 3.42. The van der Waals surface area contributed by atoms with E-state index in [1.165, 1.54) is 0 Å². The van der Waals surface area contributed by atoms with Gasteiger partial charge in [0.15, 0.2) is 0 Å². The lowest BCUT2D eigenvalue weighted by Gasteiger charge is -2.11. The van der Waals surface area contributed by atoms with Gasteiger partial charge >= 0.3 is 0 Å². The van der Waals surface area contributed by atoms with Crippen LogP contribution in [-0.2, 0) is 0 Å². The first-order valence-electron chi connectivity index (χ1n) is 6.36. The average molecular weight is 268 g/mol. The van der Waals surface area contributed by atoms with Gasteiger partial charge in [0.05, 0.1) is 18.9 Å².